The second kappa shape index (κ2) is 5.65. The van der Waals surface area contributed by atoms with Crippen LogP contribution in [0.3, 0.4) is 0 Å². The van der Waals surface area contributed by atoms with Gasteiger partial charge in [-0.3, -0.25) is 8.78 Å². The van der Waals surface area contributed by atoms with Gasteiger partial charge in [-0.1, -0.05) is 6.92 Å². The smallest absolute Gasteiger partial charge is 0.326 e. The molecular formula is C9H15N3O2S. The summed E-state index contributed by atoms with van der Waals surface area (Å²) in [6.07, 6.45) is 6.95. The quantitative estimate of drug-likeness (QED) is 0.822. The van der Waals surface area contributed by atoms with Gasteiger partial charge in [-0.05, 0) is 6.42 Å². The van der Waals surface area contributed by atoms with Gasteiger partial charge in [0.15, 0.2) is 0 Å². The molecule has 0 aromatic carbocycles. The monoisotopic (exact) mass is 229 g/mol. The molecule has 0 fully saturated rings. The number of nitrogens with one attached hydrogen (secondary N) is 1. The molecule has 1 heterocycles. The maximum absolute atomic E-state index is 11.4. The normalized spacial score (nSPS) is 14.5. The molecule has 1 aromatic heterocycles. The third-order valence-corrected chi connectivity index (χ3v) is 3.50. The standard InChI is InChI=1S/C9H15N3O2S/c1-8(15(2)14)3-4-11-9(13)12-6-5-10-7-12/h5-8H,3-4H2,1-2H3,(H,11,13). The molecule has 84 valence electrons. The van der Waals surface area contributed by atoms with Gasteiger partial charge in [-0.15, -0.1) is 0 Å². The first-order chi connectivity index (χ1) is 7.11. The van der Waals surface area contributed by atoms with E-state index in [4.69, 9.17) is 0 Å². The maximum Gasteiger partial charge on any atom is 0.326 e. The molecule has 1 N–H and O–H groups in total. The molecule has 1 amide bonds. The molecule has 0 bridgehead atoms. The van der Waals surface area contributed by atoms with E-state index < -0.39 is 10.8 Å². The summed E-state index contributed by atoms with van der Waals surface area (Å²) >= 11 is 0. The highest BCUT2D eigenvalue weighted by Gasteiger charge is 2.07. The second-order valence-electron chi connectivity index (χ2n) is 3.30. The molecule has 2 unspecified atom stereocenters. The molecule has 0 saturated carbocycles. The topological polar surface area (TPSA) is 64.0 Å². The van der Waals surface area contributed by atoms with E-state index in [1.165, 1.54) is 10.9 Å². The average molecular weight is 229 g/mol. The number of imidazole rings is 1. The summed E-state index contributed by atoms with van der Waals surface area (Å²) in [5.74, 6) is 0. The van der Waals surface area contributed by atoms with Crippen LogP contribution in [0.1, 0.15) is 13.3 Å². The Morgan fingerprint density at radius 1 is 1.67 bits per heavy atom. The lowest BCUT2D eigenvalue weighted by Crippen LogP contribution is -2.30. The van der Waals surface area contributed by atoms with Gasteiger partial charge in [-0.2, -0.15) is 0 Å². The molecule has 0 saturated heterocycles. The minimum absolute atomic E-state index is 0.105. The molecule has 0 aliphatic carbocycles. The Labute approximate surface area is 91.3 Å². The van der Waals surface area contributed by atoms with Gasteiger partial charge in [0.05, 0.1) is 0 Å². The van der Waals surface area contributed by atoms with E-state index in [-0.39, 0.29) is 11.3 Å². The maximum atomic E-state index is 11.4. The Morgan fingerprint density at radius 2 is 2.40 bits per heavy atom. The van der Waals surface area contributed by atoms with Crippen LogP contribution in [0.15, 0.2) is 18.7 Å². The molecule has 0 radical (unpaired) electrons. The molecule has 0 aliphatic rings. The molecule has 2 atom stereocenters. The summed E-state index contributed by atoms with van der Waals surface area (Å²) in [6, 6.07) is -0.207. The van der Waals surface area contributed by atoms with Crippen molar-refractivity contribution in [2.24, 2.45) is 0 Å². The van der Waals surface area contributed by atoms with E-state index in [9.17, 15) is 9.00 Å². The van der Waals surface area contributed by atoms with Crippen LogP contribution in [0, 0.1) is 0 Å². The van der Waals surface area contributed by atoms with Crippen LogP contribution < -0.4 is 5.32 Å². The van der Waals surface area contributed by atoms with Crippen LogP contribution in [0.4, 0.5) is 4.79 Å². The molecule has 5 nitrogen and oxygen atoms in total. The van der Waals surface area contributed by atoms with Gasteiger partial charge in [0, 0.05) is 41.2 Å². The molecule has 1 rings (SSSR count). The van der Waals surface area contributed by atoms with Crippen molar-refractivity contribution in [3.63, 3.8) is 0 Å². The minimum atomic E-state index is -0.832. The summed E-state index contributed by atoms with van der Waals surface area (Å²) in [5.41, 5.74) is 0. The lowest BCUT2D eigenvalue weighted by atomic mass is 10.3. The van der Waals surface area contributed by atoms with Crippen molar-refractivity contribution in [1.29, 1.82) is 0 Å². The third-order valence-electron chi connectivity index (χ3n) is 2.13. The van der Waals surface area contributed by atoms with Crippen molar-refractivity contribution in [3.05, 3.63) is 18.7 Å². The van der Waals surface area contributed by atoms with E-state index in [0.717, 1.165) is 0 Å². The highest BCUT2D eigenvalue weighted by Crippen LogP contribution is 1.97. The largest absolute Gasteiger partial charge is 0.337 e. The Hall–Kier alpha value is -1.17. The van der Waals surface area contributed by atoms with Crippen molar-refractivity contribution in [1.82, 2.24) is 14.9 Å². The van der Waals surface area contributed by atoms with Gasteiger partial charge >= 0.3 is 6.03 Å². The predicted molar refractivity (Wildman–Crippen MR) is 59.2 cm³/mol. The molecule has 15 heavy (non-hydrogen) atoms. The summed E-state index contributed by atoms with van der Waals surface area (Å²) < 4.78 is 12.4. The number of hydrogen-bond acceptors (Lipinski definition) is 3. The van der Waals surface area contributed by atoms with Gasteiger partial charge in [0.1, 0.15) is 6.33 Å². The van der Waals surface area contributed by atoms with Crippen LogP contribution >= 0.6 is 0 Å². The van der Waals surface area contributed by atoms with Crippen LogP contribution in [0.5, 0.6) is 0 Å². The van der Waals surface area contributed by atoms with Crippen molar-refractivity contribution < 1.29 is 9.00 Å². The number of nitrogens with zero attached hydrogens (tertiary/aromatic N) is 2. The number of hydrogen-bond donors (Lipinski definition) is 1. The second-order valence-corrected chi connectivity index (χ2v) is 5.10. The first kappa shape index (κ1) is 11.9. The lowest BCUT2D eigenvalue weighted by molar-refractivity contribution is 0.242. The van der Waals surface area contributed by atoms with Gasteiger partial charge in [0.2, 0.25) is 0 Å². The number of rotatable bonds is 4. The molecule has 0 spiro atoms. The Balaban J connectivity index is 2.27. The highest BCUT2D eigenvalue weighted by atomic mass is 32.2. The SMILES string of the molecule is CC(CCNC(=O)n1ccnc1)S(C)=O. The zero-order valence-corrected chi connectivity index (χ0v) is 9.66. The predicted octanol–water partition coefficient (Wildman–Crippen LogP) is 0.598. The number of carbonyl (C=O) groups excluding carboxylic acids is 1. The Bertz CT molecular complexity index is 337. The van der Waals surface area contributed by atoms with Crippen molar-refractivity contribution in [2.75, 3.05) is 12.8 Å². The Kier molecular flexibility index (Phi) is 4.48. The van der Waals surface area contributed by atoms with Crippen LogP contribution in [0.2, 0.25) is 0 Å². The van der Waals surface area contributed by atoms with Crippen LogP contribution in [-0.4, -0.2) is 37.8 Å². The van der Waals surface area contributed by atoms with E-state index in [1.54, 1.807) is 18.6 Å². The van der Waals surface area contributed by atoms with E-state index in [1.807, 2.05) is 6.92 Å². The third kappa shape index (κ3) is 3.83. The number of amides is 1. The fraction of sp³-hybridized carbons (Fsp3) is 0.556. The van der Waals surface area contributed by atoms with Gasteiger partial charge in [-0.25, -0.2) is 9.78 Å². The highest BCUT2D eigenvalue weighted by molar-refractivity contribution is 7.84. The number of aromatic nitrogens is 2. The van der Waals surface area contributed by atoms with Crippen molar-refractivity contribution >= 4 is 16.8 Å². The summed E-state index contributed by atoms with van der Waals surface area (Å²) in [7, 11) is -0.832. The van der Waals surface area contributed by atoms with Crippen molar-refractivity contribution in [2.45, 2.75) is 18.6 Å². The Morgan fingerprint density at radius 3 is 2.93 bits per heavy atom. The summed E-state index contributed by atoms with van der Waals surface area (Å²) in [6.45, 7) is 2.43. The van der Waals surface area contributed by atoms with Crippen LogP contribution in [0.25, 0.3) is 0 Å². The van der Waals surface area contributed by atoms with E-state index in [2.05, 4.69) is 10.3 Å². The zero-order chi connectivity index (χ0) is 11.3. The molecule has 6 heteroatoms. The number of carbonyl (C=O) groups is 1. The lowest BCUT2D eigenvalue weighted by Gasteiger charge is -2.09. The average Bonchev–Trinajstić information content (AvgIpc) is 2.70. The van der Waals surface area contributed by atoms with E-state index >= 15 is 0 Å². The fourth-order valence-corrected chi connectivity index (χ4v) is 1.47. The molecular weight excluding hydrogens is 214 g/mol. The van der Waals surface area contributed by atoms with Crippen LogP contribution in [-0.2, 0) is 10.8 Å². The first-order valence-corrected chi connectivity index (χ1v) is 6.31. The molecule has 1 aromatic rings. The fourth-order valence-electron chi connectivity index (χ4n) is 1.02. The zero-order valence-electron chi connectivity index (χ0n) is 8.84. The summed E-state index contributed by atoms with van der Waals surface area (Å²) in [4.78, 5) is 15.2. The first-order valence-electron chi connectivity index (χ1n) is 4.69. The van der Waals surface area contributed by atoms with Gasteiger partial charge in [0.25, 0.3) is 0 Å². The van der Waals surface area contributed by atoms with Crippen molar-refractivity contribution in [3.8, 4) is 0 Å². The molecule has 0 aliphatic heterocycles. The van der Waals surface area contributed by atoms with Gasteiger partial charge < -0.3 is 5.32 Å². The minimum Gasteiger partial charge on any atom is -0.337 e. The van der Waals surface area contributed by atoms with E-state index in [0.29, 0.717) is 13.0 Å². The summed E-state index contributed by atoms with van der Waals surface area (Å²) in [5, 5.41) is 2.83.